The van der Waals surface area contributed by atoms with E-state index < -0.39 is 0 Å². The maximum absolute atomic E-state index is 12.9. The Morgan fingerprint density at radius 2 is 1.74 bits per heavy atom. The molecular formula is C27H33N3O. The third-order valence-corrected chi connectivity index (χ3v) is 6.21. The molecule has 1 aliphatic rings. The van der Waals surface area contributed by atoms with Gasteiger partial charge in [0, 0.05) is 11.9 Å². The van der Waals surface area contributed by atoms with E-state index in [0.29, 0.717) is 0 Å². The maximum atomic E-state index is 12.9. The van der Waals surface area contributed by atoms with Crippen LogP contribution < -0.4 is 10.6 Å². The third-order valence-electron chi connectivity index (χ3n) is 6.21. The number of anilines is 1. The van der Waals surface area contributed by atoms with Gasteiger partial charge in [0.15, 0.2) is 0 Å². The first-order valence-corrected chi connectivity index (χ1v) is 11.5. The number of rotatable bonds is 8. The summed E-state index contributed by atoms with van der Waals surface area (Å²) in [6.45, 7) is 6.25. The molecule has 0 saturated carbocycles. The number of aryl methyl sites for hydroxylation is 4. The molecule has 0 aliphatic heterocycles. The fourth-order valence-corrected chi connectivity index (χ4v) is 4.34. The maximum Gasteiger partial charge on any atom is 0.267 e. The van der Waals surface area contributed by atoms with Crippen LogP contribution in [0.5, 0.6) is 0 Å². The zero-order valence-corrected chi connectivity index (χ0v) is 18.9. The molecule has 0 aromatic heterocycles. The highest BCUT2D eigenvalue weighted by molar-refractivity contribution is 6.07. The van der Waals surface area contributed by atoms with E-state index >= 15 is 0 Å². The number of amides is 1. The number of para-hydroxylation sites is 1. The van der Waals surface area contributed by atoms with E-state index in [4.69, 9.17) is 0 Å². The lowest BCUT2D eigenvalue weighted by Gasteiger charge is -2.21. The summed E-state index contributed by atoms with van der Waals surface area (Å²) in [7, 11) is 0. The molecule has 2 aromatic carbocycles. The number of hydrogen-bond donors (Lipinski definition) is 2. The molecule has 1 atom stereocenters. The number of hydrogen-bond acceptors (Lipinski definition) is 3. The molecule has 0 fully saturated rings. The minimum absolute atomic E-state index is 0.0671. The first-order valence-electron chi connectivity index (χ1n) is 11.5. The molecule has 1 amide bonds. The van der Waals surface area contributed by atoms with Gasteiger partial charge in [-0.3, -0.25) is 4.79 Å². The average Bonchev–Trinajstić information content (AvgIpc) is 2.81. The van der Waals surface area contributed by atoms with E-state index in [1.54, 1.807) is 6.20 Å². The Labute approximate surface area is 186 Å². The average molecular weight is 416 g/mol. The number of carbonyl (C=O) groups is 1. The van der Waals surface area contributed by atoms with Crippen molar-refractivity contribution in [3.05, 3.63) is 76.0 Å². The van der Waals surface area contributed by atoms with Crippen molar-refractivity contribution in [1.82, 2.24) is 5.32 Å². The van der Waals surface area contributed by atoms with Crippen LogP contribution in [0.1, 0.15) is 73.9 Å². The molecule has 4 heteroatoms. The highest BCUT2D eigenvalue weighted by atomic mass is 16.1. The van der Waals surface area contributed by atoms with Gasteiger partial charge in [0.2, 0.25) is 0 Å². The molecule has 0 saturated heterocycles. The molecule has 0 heterocycles. The fourth-order valence-electron chi connectivity index (χ4n) is 4.34. The minimum atomic E-state index is -0.370. The lowest BCUT2D eigenvalue weighted by atomic mass is 9.89. The summed E-state index contributed by atoms with van der Waals surface area (Å²) >= 11 is 0. The smallest absolute Gasteiger partial charge is 0.267 e. The Hall–Kier alpha value is -3.06. The normalized spacial score (nSPS) is 14.3. The second-order valence-electron chi connectivity index (χ2n) is 8.15. The predicted molar refractivity (Wildman–Crippen MR) is 127 cm³/mol. The van der Waals surface area contributed by atoms with Crippen molar-refractivity contribution in [3.8, 4) is 6.07 Å². The van der Waals surface area contributed by atoms with Crippen LogP contribution >= 0.6 is 0 Å². The van der Waals surface area contributed by atoms with Crippen molar-refractivity contribution in [2.24, 2.45) is 0 Å². The van der Waals surface area contributed by atoms with Crippen LogP contribution in [0.25, 0.3) is 0 Å². The number of fused-ring (bicyclic) bond motifs is 1. The number of nitriles is 1. The van der Waals surface area contributed by atoms with Gasteiger partial charge in [0.25, 0.3) is 5.91 Å². The van der Waals surface area contributed by atoms with Crippen molar-refractivity contribution < 1.29 is 4.79 Å². The summed E-state index contributed by atoms with van der Waals surface area (Å²) in [6, 6.07) is 14.9. The summed E-state index contributed by atoms with van der Waals surface area (Å²) in [5.41, 5.74) is 7.19. The van der Waals surface area contributed by atoms with E-state index in [0.717, 1.165) is 48.9 Å². The summed E-state index contributed by atoms with van der Waals surface area (Å²) in [5.74, 6) is -0.370. The van der Waals surface area contributed by atoms with Crippen molar-refractivity contribution in [2.75, 3.05) is 5.32 Å². The Morgan fingerprint density at radius 3 is 2.35 bits per heavy atom. The largest absolute Gasteiger partial charge is 0.383 e. The third kappa shape index (κ3) is 5.35. The van der Waals surface area contributed by atoms with E-state index in [2.05, 4.69) is 55.7 Å². The highest BCUT2D eigenvalue weighted by Gasteiger charge is 2.16. The lowest BCUT2D eigenvalue weighted by molar-refractivity contribution is -0.112. The van der Waals surface area contributed by atoms with Crippen LogP contribution in [-0.4, -0.2) is 5.91 Å². The Bertz CT molecular complexity index is 978. The quantitative estimate of drug-likeness (QED) is 0.424. The Balaban J connectivity index is 1.77. The lowest BCUT2D eigenvalue weighted by Crippen LogP contribution is -2.21. The molecular weight excluding hydrogens is 382 g/mol. The summed E-state index contributed by atoms with van der Waals surface area (Å²) < 4.78 is 0. The molecule has 31 heavy (non-hydrogen) atoms. The summed E-state index contributed by atoms with van der Waals surface area (Å²) in [6.07, 6.45) is 8.91. The minimum Gasteiger partial charge on any atom is -0.383 e. The first-order chi connectivity index (χ1) is 15.1. The molecule has 0 bridgehead atoms. The molecule has 1 unspecified atom stereocenters. The van der Waals surface area contributed by atoms with E-state index in [1.807, 2.05) is 18.2 Å². The van der Waals surface area contributed by atoms with Crippen LogP contribution in [-0.2, 0) is 30.5 Å². The summed E-state index contributed by atoms with van der Waals surface area (Å²) in [4.78, 5) is 12.9. The second-order valence-corrected chi connectivity index (χ2v) is 8.15. The molecule has 1 aliphatic carbocycles. The van der Waals surface area contributed by atoms with Crippen LogP contribution in [0.2, 0.25) is 0 Å². The van der Waals surface area contributed by atoms with E-state index in [-0.39, 0.29) is 17.5 Å². The van der Waals surface area contributed by atoms with Gasteiger partial charge in [-0.2, -0.15) is 5.26 Å². The van der Waals surface area contributed by atoms with Crippen LogP contribution in [0.4, 0.5) is 5.69 Å². The van der Waals surface area contributed by atoms with E-state index in [9.17, 15) is 10.1 Å². The topological polar surface area (TPSA) is 64.9 Å². The first kappa shape index (κ1) is 22.6. The zero-order valence-electron chi connectivity index (χ0n) is 18.9. The van der Waals surface area contributed by atoms with Gasteiger partial charge in [-0.25, -0.2) is 0 Å². The number of nitrogens with one attached hydrogen (secondary N) is 2. The van der Waals surface area contributed by atoms with Crippen molar-refractivity contribution in [2.45, 2.75) is 71.8 Å². The molecule has 0 radical (unpaired) electrons. The van der Waals surface area contributed by atoms with Gasteiger partial charge in [-0.15, -0.1) is 0 Å². The van der Waals surface area contributed by atoms with Gasteiger partial charge in [0.1, 0.15) is 11.6 Å². The SMILES string of the molecule is CCc1cccc(CC)c1NC(=O)/C(C#N)=C\NC(CC)c1ccc2c(c1)CCCC2. The molecule has 2 aromatic rings. The molecule has 3 rings (SSSR count). The van der Waals surface area contributed by atoms with Gasteiger partial charge >= 0.3 is 0 Å². The molecule has 4 nitrogen and oxygen atoms in total. The van der Waals surface area contributed by atoms with Crippen LogP contribution in [0, 0.1) is 11.3 Å². The molecule has 162 valence electrons. The number of benzene rings is 2. The fraction of sp³-hybridized carbons (Fsp3) is 0.407. The second kappa shape index (κ2) is 10.8. The monoisotopic (exact) mass is 415 g/mol. The van der Waals surface area contributed by atoms with Crippen LogP contribution in [0.3, 0.4) is 0 Å². The Kier molecular flexibility index (Phi) is 7.89. The number of nitrogens with zero attached hydrogens (tertiary/aromatic N) is 1. The zero-order chi connectivity index (χ0) is 22.2. The van der Waals surface area contributed by atoms with Gasteiger partial charge in [-0.1, -0.05) is 57.2 Å². The molecule has 2 N–H and O–H groups in total. The van der Waals surface area contributed by atoms with E-state index in [1.165, 1.54) is 29.5 Å². The van der Waals surface area contributed by atoms with Gasteiger partial charge in [0.05, 0.1) is 6.04 Å². The highest BCUT2D eigenvalue weighted by Crippen LogP contribution is 2.26. The molecule has 0 spiro atoms. The van der Waals surface area contributed by atoms with Gasteiger partial charge in [-0.05, 0) is 72.8 Å². The standard InChI is InChI=1S/C27H33N3O/c1-4-19-12-9-13-20(5-2)26(19)30-27(31)24(17-28)18-29-25(6-3)23-15-14-21-10-7-8-11-22(21)16-23/h9,12-16,18,25,29H,4-8,10-11H2,1-3H3,(H,30,31)/b24-18-. The van der Waals surface area contributed by atoms with Gasteiger partial charge < -0.3 is 10.6 Å². The predicted octanol–water partition coefficient (Wildman–Crippen LogP) is 5.78. The number of carbonyl (C=O) groups excluding carboxylic acids is 1. The van der Waals surface area contributed by atoms with Crippen molar-refractivity contribution >= 4 is 11.6 Å². The van der Waals surface area contributed by atoms with Crippen LogP contribution in [0.15, 0.2) is 48.2 Å². The Morgan fingerprint density at radius 1 is 1.06 bits per heavy atom. The summed E-state index contributed by atoms with van der Waals surface area (Å²) in [5, 5.41) is 15.9. The van der Waals surface area contributed by atoms with Crippen molar-refractivity contribution in [3.63, 3.8) is 0 Å². The van der Waals surface area contributed by atoms with Crippen molar-refractivity contribution in [1.29, 1.82) is 5.26 Å².